The first-order valence-corrected chi connectivity index (χ1v) is 6.43. The third-order valence-corrected chi connectivity index (χ3v) is 3.46. The Labute approximate surface area is 121 Å². The van der Waals surface area contributed by atoms with E-state index in [1.807, 2.05) is 6.92 Å². The number of hydrogen-bond acceptors (Lipinski definition) is 3. The molecule has 98 valence electrons. The molecule has 3 nitrogen and oxygen atoms in total. The van der Waals surface area contributed by atoms with Crippen LogP contribution in [0.1, 0.15) is 21.5 Å². The number of aromatic nitrogens is 1. The zero-order valence-electron chi connectivity index (χ0n) is 10.3. The molecule has 0 bridgehead atoms. The molecule has 0 atom stereocenters. The van der Waals surface area contributed by atoms with E-state index in [4.69, 9.17) is 28.9 Å². The lowest BCUT2D eigenvalue weighted by Gasteiger charge is -2.08. The summed E-state index contributed by atoms with van der Waals surface area (Å²) in [5, 5.41) is 0.945. The Morgan fingerprint density at radius 2 is 1.95 bits per heavy atom. The quantitative estimate of drug-likeness (QED) is 0.878. The molecular weight excluding hydrogens is 283 g/mol. The second kappa shape index (κ2) is 5.59. The first kappa shape index (κ1) is 13.8. The lowest BCUT2D eigenvalue weighted by atomic mass is 10.0. The van der Waals surface area contributed by atoms with E-state index < -0.39 is 0 Å². The molecule has 0 spiro atoms. The fourth-order valence-electron chi connectivity index (χ4n) is 1.76. The summed E-state index contributed by atoms with van der Waals surface area (Å²) in [5.41, 5.74) is 7.61. The van der Waals surface area contributed by atoms with Gasteiger partial charge in [-0.15, -0.1) is 0 Å². The standard InChI is InChI=1S/C14H12Cl2N2O/c1-8-5-10(14(17)18-7-8)13(19)6-9-11(15)3-2-4-12(9)16/h2-5,7H,6H2,1H3,(H2,17,18). The van der Waals surface area contributed by atoms with Crippen LogP contribution in [0.25, 0.3) is 0 Å². The van der Waals surface area contributed by atoms with Gasteiger partial charge in [-0.1, -0.05) is 29.3 Å². The van der Waals surface area contributed by atoms with Crippen molar-refractivity contribution in [3.8, 4) is 0 Å². The number of aryl methyl sites for hydroxylation is 1. The Hall–Kier alpha value is -1.58. The number of rotatable bonds is 3. The summed E-state index contributed by atoms with van der Waals surface area (Å²) >= 11 is 12.1. The highest BCUT2D eigenvalue weighted by molar-refractivity contribution is 6.36. The van der Waals surface area contributed by atoms with Crippen molar-refractivity contribution in [1.29, 1.82) is 0 Å². The van der Waals surface area contributed by atoms with Gasteiger partial charge in [0, 0.05) is 22.7 Å². The van der Waals surface area contributed by atoms with Crippen LogP contribution < -0.4 is 5.73 Å². The van der Waals surface area contributed by atoms with Crippen molar-refractivity contribution in [2.24, 2.45) is 0 Å². The van der Waals surface area contributed by atoms with Crippen LogP contribution >= 0.6 is 23.2 Å². The highest BCUT2D eigenvalue weighted by Crippen LogP contribution is 2.26. The van der Waals surface area contributed by atoms with Gasteiger partial charge in [0.05, 0.1) is 5.56 Å². The molecule has 19 heavy (non-hydrogen) atoms. The SMILES string of the molecule is Cc1cnc(N)c(C(=O)Cc2c(Cl)cccc2Cl)c1. The number of hydrogen-bond donors (Lipinski definition) is 1. The van der Waals surface area contributed by atoms with Crippen molar-refractivity contribution < 1.29 is 4.79 Å². The number of carbonyl (C=O) groups is 1. The maximum absolute atomic E-state index is 12.3. The molecule has 5 heteroatoms. The fraction of sp³-hybridized carbons (Fsp3) is 0.143. The van der Waals surface area contributed by atoms with E-state index in [-0.39, 0.29) is 18.0 Å². The number of benzene rings is 1. The average Bonchev–Trinajstić information content (AvgIpc) is 2.37. The summed E-state index contributed by atoms with van der Waals surface area (Å²) in [6.45, 7) is 1.85. The zero-order chi connectivity index (χ0) is 14.0. The van der Waals surface area contributed by atoms with Gasteiger partial charge in [0.2, 0.25) is 0 Å². The number of carbonyl (C=O) groups excluding carboxylic acids is 1. The van der Waals surface area contributed by atoms with Crippen molar-refractivity contribution in [2.45, 2.75) is 13.3 Å². The summed E-state index contributed by atoms with van der Waals surface area (Å²) in [6.07, 6.45) is 1.72. The van der Waals surface area contributed by atoms with Crippen LogP contribution in [0.4, 0.5) is 5.82 Å². The molecule has 0 fully saturated rings. The second-order valence-electron chi connectivity index (χ2n) is 4.25. The van der Waals surface area contributed by atoms with Gasteiger partial charge < -0.3 is 5.73 Å². The largest absolute Gasteiger partial charge is 0.383 e. The lowest BCUT2D eigenvalue weighted by Crippen LogP contribution is -2.09. The third-order valence-electron chi connectivity index (χ3n) is 2.75. The Morgan fingerprint density at radius 1 is 1.32 bits per heavy atom. The molecule has 0 aliphatic heterocycles. The van der Waals surface area contributed by atoms with E-state index >= 15 is 0 Å². The van der Waals surface area contributed by atoms with E-state index in [0.29, 0.717) is 21.2 Å². The van der Waals surface area contributed by atoms with Crippen LogP contribution in [0.2, 0.25) is 10.0 Å². The molecule has 0 unspecified atom stereocenters. The summed E-state index contributed by atoms with van der Waals surface area (Å²) in [4.78, 5) is 16.2. The van der Waals surface area contributed by atoms with Crippen LogP contribution in [-0.2, 0) is 6.42 Å². The molecule has 0 radical (unpaired) electrons. The number of pyridine rings is 1. The Bertz CT molecular complexity index is 621. The fourth-order valence-corrected chi connectivity index (χ4v) is 2.29. The molecular formula is C14H12Cl2N2O. The summed E-state index contributed by atoms with van der Waals surface area (Å²) in [6, 6.07) is 6.86. The Balaban J connectivity index is 2.34. The molecule has 0 saturated heterocycles. The van der Waals surface area contributed by atoms with Gasteiger partial charge in [-0.3, -0.25) is 4.79 Å². The van der Waals surface area contributed by atoms with Crippen molar-refractivity contribution in [2.75, 3.05) is 5.73 Å². The Kier molecular flexibility index (Phi) is 4.08. The minimum atomic E-state index is -0.149. The molecule has 1 heterocycles. The molecule has 2 rings (SSSR count). The lowest BCUT2D eigenvalue weighted by molar-refractivity contribution is 0.0993. The zero-order valence-corrected chi connectivity index (χ0v) is 11.8. The van der Waals surface area contributed by atoms with Crippen molar-refractivity contribution >= 4 is 34.8 Å². The summed E-state index contributed by atoms with van der Waals surface area (Å²) < 4.78 is 0. The molecule has 0 amide bonds. The normalized spacial score (nSPS) is 10.5. The third kappa shape index (κ3) is 3.06. The number of nitrogens with two attached hydrogens (primary N) is 1. The topological polar surface area (TPSA) is 56.0 Å². The van der Waals surface area contributed by atoms with Crippen LogP contribution in [0, 0.1) is 6.92 Å². The van der Waals surface area contributed by atoms with Crippen molar-refractivity contribution in [1.82, 2.24) is 4.98 Å². The van der Waals surface area contributed by atoms with E-state index in [2.05, 4.69) is 4.98 Å². The predicted octanol–water partition coefficient (Wildman–Crippen LogP) is 3.70. The van der Waals surface area contributed by atoms with E-state index in [1.165, 1.54) is 0 Å². The number of anilines is 1. The minimum absolute atomic E-state index is 0.105. The number of ketones is 1. The van der Waals surface area contributed by atoms with Gasteiger partial charge in [0.25, 0.3) is 0 Å². The van der Waals surface area contributed by atoms with Crippen LogP contribution in [0.15, 0.2) is 30.5 Å². The van der Waals surface area contributed by atoms with Gasteiger partial charge >= 0.3 is 0 Å². The average molecular weight is 295 g/mol. The maximum Gasteiger partial charge on any atom is 0.171 e. The highest BCUT2D eigenvalue weighted by atomic mass is 35.5. The van der Waals surface area contributed by atoms with Gasteiger partial charge in [0.1, 0.15) is 5.82 Å². The molecule has 1 aromatic carbocycles. The first-order chi connectivity index (χ1) is 8.99. The second-order valence-corrected chi connectivity index (χ2v) is 5.06. The molecule has 0 aliphatic carbocycles. The van der Waals surface area contributed by atoms with E-state index in [9.17, 15) is 4.79 Å². The molecule has 0 aliphatic rings. The summed E-state index contributed by atoms with van der Waals surface area (Å²) in [7, 11) is 0. The molecule has 0 saturated carbocycles. The van der Waals surface area contributed by atoms with Gasteiger partial charge in [-0.05, 0) is 36.2 Å². The number of nitrogens with zero attached hydrogens (tertiary/aromatic N) is 1. The van der Waals surface area contributed by atoms with Crippen molar-refractivity contribution in [3.05, 3.63) is 57.2 Å². The van der Waals surface area contributed by atoms with Crippen LogP contribution in [0.5, 0.6) is 0 Å². The summed E-state index contributed by atoms with van der Waals surface area (Å²) in [5.74, 6) is 0.0717. The van der Waals surface area contributed by atoms with Gasteiger partial charge in [0.15, 0.2) is 5.78 Å². The smallest absolute Gasteiger partial charge is 0.171 e. The highest BCUT2D eigenvalue weighted by Gasteiger charge is 2.15. The first-order valence-electron chi connectivity index (χ1n) is 5.67. The molecule has 1 aromatic heterocycles. The van der Waals surface area contributed by atoms with Crippen LogP contribution in [0.3, 0.4) is 0 Å². The van der Waals surface area contributed by atoms with Crippen molar-refractivity contribution in [3.63, 3.8) is 0 Å². The minimum Gasteiger partial charge on any atom is -0.383 e. The molecule has 2 N–H and O–H groups in total. The molecule has 2 aromatic rings. The predicted molar refractivity (Wildman–Crippen MR) is 77.9 cm³/mol. The van der Waals surface area contributed by atoms with Gasteiger partial charge in [-0.2, -0.15) is 0 Å². The number of nitrogen functional groups attached to an aromatic ring is 1. The number of halogens is 2. The number of Topliss-reactive ketones (excluding diaryl/α,β-unsaturated/α-hetero) is 1. The van der Waals surface area contributed by atoms with E-state index in [1.54, 1.807) is 30.5 Å². The Morgan fingerprint density at radius 3 is 2.58 bits per heavy atom. The monoisotopic (exact) mass is 294 g/mol. The van der Waals surface area contributed by atoms with Crippen LogP contribution in [-0.4, -0.2) is 10.8 Å². The van der Waals surface area contributed by atoms with Gasteiger partial charge in [-0.25, -0.2) is 4.98 Å². The maximum atomic E-state index is 12.3. The van der Waals surface area contributed by atoms with E-state index in [0.717, 1.165) is 5.56 Å².